The zero-order chi connectivity index (χ0) is 10.4. The van der Waals surface area contributed by atoms with E-state index in [9.17, 15) is 0 Å². The van der Waals surface area contributed by atoms with E-state index in [-0.39, 0.29) is 0 Å². The molecule has 0 radical (unpaired) electrons. The van der Waals surface area contributed by atoms with Crippen molar-refractivity contribution < 1.29 is 4.42 Å². The number of rotatable bonds is 0. The van der Waals surface area contributed by atoms with Crippen LogP contribution in [0.15, 0.2) is 34.7 Å². The van der Waals surface area contributed by atoms with Crippen molar-refractivity contribution in [2.45, 2.75) is 0 Å². The highest BCUT2D eigenvalue weighted by atomic mass is 35.5. The first kappa shape index (κ1) is 8.80. The lowest BCUT2D eigenvalue weighted by atomic mass is 9.91. The summed E-state index contributed by atoms with van der Waals surface area (Å²) in [7, 11) is 2.06. The van der Waals surface area contributed by atoms with Crippen LogP contribution in [0.25, 0.3) is 22.1 Å². The Morgan fingerprint density at radius 3 is 2.93 bits per heavy atom. The van der Waals surface area contributed by atoms with Gasteiger partial charge >= 0.3 is 0 Å². The summed E-state index contributed by atoms with van der Waals surface area (Å²) in [5.41, 5.74) is 2.65. The van der Waals surface area contributed by atoms with Crippen molar-refractivity contribution in [1.82, 2.24) is 4.98 Å². The molecule has 0 fully saturated rings. The molecular formula is C11H7BClNO. The molecule has 3 rings (SSSR count). The Balaban J connectivity index is 2.59. The van der Waals surface area contributed by atoms with Gasteiger partial charge in [0, 0.05) is 10.8 Å². The SMILES string of the molecule is Bc1cccc2oc3nc(Cl)ccc3c12. The molecule has 4 heteroatoms. The average molecular weight is 215 g/mol. The first-order valence-corrected chi connectivity index (χ1v) is 5.08. The highest BCUT2D eigenvalue weighted by Crippen LogP contribution is 2.26. The van der Waals surface area contributed by atoms with Gasteiger partial charge in [-0.3, -0.25) is 0 Å². The van der Waals surface area contributed by atoms with E-state index < -0.39 is 0 Å². The van der Waals surface area contributed by atoms with Crippen LogP contribution in [0.5, 0.6) is 0 Å². The van der Waals surface area contributed by atoms with Gasteiger partial charge in [-0.2, -0.15) is 0 Å². The van der Waals surface area contributed by atoms with Crippen LogP contribution in [-0.4, -0.2) is 12.8 Å². The van der Waals surface area contributed by atoms with Crippen LogP contribution in [0.3, 0.4) is 0 Å². The van der Waals surface area contributed by atoms with Gasteiger partial charge in [-0.25, -0.2) is 4.98 Å². The van der Waals surface area contributed by atoms with Crippen LogP contribution in [0.2, 0.25) is 5.15 Å². The highest BCUT2D eigenvalue weighted by molar-refractivity contribution is 6.41. The molecule has 0 bridgehead atoms. The second kappa shape index (κ2) is 3.01. The van der Waals surface area contributed by atoms with Crippen LogP contribution in [0.4, 0.5) is 0 Å². The van der Waals surface area contributed by atoms with Crippen LogP contribution < -0.4 is 5.46 Å². The maximum absolute atomic E-state index is 5.81. The number of halogens is 1. The van der Waals surface area contributed by atoms with Crippen molar-refractivity contribution >= 4 is 47.0 Å². The number of hydrogen-bond donors (Lipinski definition) is 0. The maximum atomic E-state index is 5.81. The summed E-state index contributed by atoms with van der Waals surface area (Å²) in [6.45, 7) is 0. The third-order valence-corrected chi connectivity index (χ3v) is 2.75. The standard InChI is InChI=1S/C11H7BClNO/c12-7-2-1-3-8-10(7)6-4-5-9(13)14-11(6)15-8/h1-5H,12H2. The lowest BCUT2D eigenvalue weighted by molar-refractivity contribution is 0.654. The van der Waals surface area contributed by atoms with Crippen molar-refractivity contribution in [2.24, 2.45) is 0 Å². The topological polar surface area (TPSA) is 26.0 Å². The predicted octanol–water partition coefficient (Wildman–Crippen LogP) is 1.89. The fourth-order valence-corrected chi connectivity index (χ4v) is 2.00. The first-order valence-electron chi connectivity index (χ1n) is 4.70. The fourth-order valence-electron chi connectivity index (χ4n) is 1.86. The molecule has 0 aliphatic heterocycles. The molecule has 0 saturated heterocycles. The van der Waals surface area contributed by atoms with Crippen LogP contribution in [0.1, 0.15) is 0 Å². The first-order chi connectivity index (χ1) is 7.25. The molecule has 0 N–H and O–H groups in total. The Kier molecular flexibility index (Phi) is 1.76. The van der Waals surface area contributed by atoms with E-state index in [1.54, 1.807) is 6.07 Å². The molecule has 0 aliphatic rings. The maximum Gasteiger partial charge on any atom is 0.228 e. The van der Waals surface area contributed by atoms with Gasteiger partial charge in [-0.15, -0.1) is 0 Å². The van der Waals surface area contributed by atoms with Crippen LogP contribution in [-0.2, 0) is 0 Å². The van der Waals surface area contributed by atoms with Gasteiger partial charge in [0.1, 0.15) is 18.6 Å². The van der Waals surface area contributed by atoms with E-state index in [0.717, 1.165) is 16.4 Å². The normalized spacial score (nSPS) is 11.3. The number of nitrogens with zero attached hydrogens (tertiary/aromatic N) is 1. The van der Waals surface area contributed by atoms with E-state index in [1.807, 2.05) is 18.2 Å². The van der Waals surface area contributed by atoms with Gasteiger partial charge in [0.25, 0.3) is 0 Å². The molecule has 1 aromatic carbocycles. The summed E-state index contributed by atoms with van der Waals surface area (Å²) in [4.78, 5) is 4.15. The summed E-state index contributed by atoms with van der Waals surface area (Å²) in [5.74, 6) is 0. The molecule has 2 heterocycles. The zero-order valence-corrected chi connectivity index (χ0v) is 8.88. The third-order valence-electron chi connectivity index (χ3n) is 2.54. The molecule has 0 atom stereocenters. The van der Waals surface area contributed by atoms with Gasteiger partial charge in [0.05, 0.1) is 0 Å². The smallest absolute Gasteiger partial charge is 0.228 e. The van der Waals surface area contributed by atoms with Crippen LogP contribution >= 0.6 is 11.6 Å². The fraction of sp³-hybridized carbons (Fsp3) is 0. The van der Waals surface area contributed by atoms with Crippen LogP contribution in [0, 0.1) is 0 Å². The number of pyridine rings is 1. The summed E-state index contributed by atoms with van der Waals surface area (Å²) in [6.07, 6.45) is 0. The number of fused-ring (bicyclic) bond motifs is 3. The van der Waals surface area contributed by atoms with Gasteiger partial charge < -0.3 is 4.42 Å². The molecule has 72 valence electrons. The lowest BCUT2D eigenvalue weighted by Gasteiger charge is -1.93. The van der Waals surface area contributed by atoms with Crippen molar-refractivity contribution in [3.63, 3.8) is 0 Å². The summed E-state index contributed by atoms with van der Waals surface area (Å²) >= 11 is 5.81. The van der Waals surface area contributed by atoms with Gasteiger partial charge in [-0.1, -0.05) is 29.2 Å². The van der Waals surface area contributed by atoms with Gasteiger partial charge in [-0.05, 0) is 18.2 Å². The van der Waals surface area contributed by atoms with Crippen molar-refractivity contribution in [1.29, 1.82) is 0 Å². The Hall–Kier alpha value is -1.48. The number of benzene rings is 1. The average Bonchev–Trinajstić information content (AvgIpc) is 2.56. The highest BCUT2D eigenvalue weighted by Gasteiger charge is 2.09. The van der Waals surface area contributed by atoms with E-state index in [2.05, 4.69) is 18.9 Å². The Morgan fingerprint density at radius 1 is 1.20 bits per heavy atom. The molecule has 15 heavy (non-hydrogen) atoms. The lowest BCUT2D eigenvalue weighted by Crippen LogP contribution is -2.01. The quantitative estimate of drug-likeness (QED) is 0.423. The monoisotopic (exact) mass is 215 g/mol. The van der Waals surface area contributed by atoms with E-state index >= 15 is 0 Å². The Labute approximate surface area is 92.3 Å². The summed E-state index contributed by atoms with van der Waals surface area (Å²) in [5, 5.41) is 2.60. The molecule has 2 nitrogen and oxygen atoms in total. The minimum atomic E-state index is 0.458. The molecule has 2 aromatic heterocycles. The minimum absolute atomic E-state index is 0.458. The van der Waals surface area contributed by atoms with E-state index in [4.69, 9.17) is 16.0 Å². The summed E-state index contributed by atoms with van der Waals surface area (Å²) < 4.78 is 5.62. The molecule has 0 amide bonds. The second-order valence-corrected chi connectivity index (χ2v) is 3.92. The van der Waals surface area contributed by atoms with E-state index in [1.165, 1.54) is 5.46 Å². The van der Waals surface area contributed by atoms with Crippen molar-refractivity contribution in [2.75, 3.05) is 0 Å². The molecule has 0 unspecified atom stereocenters. The molecule has 0 saturated carbocycles. The van der Waals surface area contributed by atoms with Gasteiger partial charge in [0.15, 0.2) is 0 Å². The van der Waals surface area contributed by atoms with Crippen molar-refractivity contribution in [3.8, 4) is 0 Å². The largest absolute Gasteiger partial charge is 0.438 e. The molecule has 0 aliphatic carbocycles. The van der Waals surface area contributed by atoms with Gasteiger partial charge in [0.2, 0.25) is 5.71 Å². The summed E-state index contributed by atoms with van der Waals surface area (Å²) in [6, 6.07) is 9.71. The molecule has 3 aromatic rings. The third kappa shape index (κ3) is 1.23. The Morgan fingerprint density at radius 2 is 2.07 bits per heavy atom. The number of furan rings is 1. The van der Waals surface area contributed by atoms with E-state index in [0.29, 0.717) is 10.9 Å². The second-order valence-electron chi connectivity index (χ2n) is 3.54. The molecule has 0 spiro atoms. The zero-order valence-electron chi connectivity index (χ0n) is 8.12. The minimum Gasteiger partial charge on any atom is -0.438 e. The predicted molar refractivity (Wildman–Crippen MR) is 64.7 cm³/mol. The van der Waals surface area contributed by atoms with Crippen molar-refractivity contribution in [3.05, 3.63) is 35.5 Å². The Bertz CT molecular complexity index is 662. The number of aromatic nitrogens is 1. The molecular weight excluding hydrogens is 208 g/mol. The number of hydrogen-bond acceptors (Lipinski definition) is 2.